The molecular formula is C63H61N5O. The van der Waals surface area contributed by atoms with Crippen molar-refractivity contribution in [3.63, 3.8) is 0 Å². The van der Waals surface area contributed by atoms with Crippen LogP contribution in [0.3, 0.4) is 0 Å². The van der Waals surface area contributed by atoms with Crippen LogP contribution in [0.25, 0.3) is 22.3 Å². The van der Waals surface area contributed by atoms with Gasteiger partial charge in [0.1, 0.15) is 11.9 Å². The lowest BCUT2D eigenvalue weighted by molar-refractivity contribution is 0.141. The Labute approximate surface area is 407 Å². The highest BCUT2D eigenvalue weighted by atomic mass is 16.5. The fourth-order valence-corrected chi connectivity index (χ4v) is 12.9. The number of ether oxygens (including phenoxy) is 1. The lowest BCUT2D eigenvalue weighted by atomic mass is 9.69. The summed E-state index contributed by atoms with van der Waals surface area (Å²) in [6, 6.07) is 38.0. The van der Waals surface area contributed by atoms with Gasteiger partial charge in [0.15, 0.2) is 0 Å². The number of benzene rings is 4. The summed E-state index contributed by atoms with van der Waals surface area (Å²) in [5, 5.41) is 13.6. The van der Waals surface area contributed by atoms with Gasteiger partial charge in [0.2, 0.25) is 0 Å². The first-order chi connectivity index (χ1) is 34.1. The second-order valence-corrected chi connectivity index (χ2v) is 20.6. The Morgan fingerprint density at radius 1 is 0.710 bits per heavy atom. The van der Waals surface area contributed by atoms with Gasteiger partial charge in [-0.1, -0.05) is 170 Å². The SMILES string of the molecule is CC12CCc3c(c4ccccc4n3C3=CCCC=C3)C1Oc1cc(C3=C(C4NC(c5ccccc5)NC(C5C=CC=CC5)N4)CC(C4=C(C5=CC=CCC5)C=CC(c5ccccc5)C4)C=N3)ccc12. The van der Waals surface area contributed by atoms with Gasteiger partial charge in [-0.05, 0) is 104 Å². The lowest BCUT2D eigenvalue weighted by Gasteiger charge is -2.44. The molecule has 4 heterocycles. The third-order valence-electron chi connectivity index (χ3n) is 16.5. The van der Waals surface area contributed by atoms with Gasteiger partial charge in [0, 0.05) is 62.9 Å². The van der Waals surface area contributed by atoms with Crippen molar-refractivity contribution in [3.05, 3.63) is 232 Å². The summed E-state index contributed by atoms with van der Waals surface area (Å²) < 4.78 is 9.91. The number of nitrogens with zero attached hydrogens (tertiary/aromatic N) is 2. The first kappa shape index (κ1) is 42.5. The second-order valence-electron chi connectivity index (χ2n) is 20.6. The van der Waals surface area contributed by atoms with Gasteiger partial charge in [-0.25, -0.2) is 0 Å². The van der Waals surface area contributed by atoms with Crippen molar-refractivity contribution >= 4 is 28.5 Å². The fourth-order valence-electron chi connectivity index (χ4n) is 12.9. The molecule has 1 saturated heterocycles. The van der Waals surface area contributed by atoms with Crippen molar-refractivity contribution in [1.82, 2.24) is 20.5 Å². The van der Waals surface area contributed by atoms with Crippen molar-refractivity contribution in [2.75, 3.05) is 0 Å². The van der Waals surface area contributed by atoms with E-state index in [0.717, 1.165) is 74.8 Å². The number of fused-ring (bicyclic) bond motifs is 7. The molecule has 1 fully saturated rings. The van der Waals surface area contributed by atoms with Crippen molar-refractivity contribution < 1.29 is 4.74 Å². The van der Waals surface area contributed by atoms with E-state index in [9.17, 15) is 0 Å². The Balaban J connectivity index is 0.919. The summed E-state index contributed by atoms with van der Waals surface area (Å²) in [6.07, 6.45) is 39.0. The molecule has 0 amide bonds. The van der Waals surface area contributed by atoms with Gasteiger partial charge in [0.25, 0.3) is 0 Å². The monoisotopic (exact) mass is 903 g/mol. The maximum Gasteiger partial charge on any atom is 0.136 e. The van der Waals surface area contributed by atoms with E-state index in [1.165, 1.54) is 66.8 Å². The molecule has 1 aromatic heterocycles. The molecule has 0 saturated carbocycles. The number of aliphatic imine (C=N–C) groups is 1. The Hall–Kier alpha value is -6.57. The Bertz CT molecular complexity index is 3150. The number of hydrogen-bond acceptors (Lipinski definition) is 5. The van der Waals surface area contributed by atoms with Crippen molar-refractivity contribution in [2.45, 2.75) is 101 Å². The molecule has 0 bridgehead atoms. The molecule has 344 valence electrons. The van der Waals surface area contributed by atoms with E-state index in [1.807, 2.05) is 0 Å². The number of hydrogen-bond donors (Lipinski definition) is 3. The van der Waals surface area contributed by atoms with Crippen LogP contribution in [0.1, 0.15) is 110 Å². The normalized spacial score (nSPS) is 29.1. The Morgan fingerprint density at radius 3 is 2.35 bits per heavy atom. The lowest BCUT2D eigenvalue weighted by Crippen LogP contribution is -2.66. The average Bonchev–Trinajstić information content (AvgIpc) is 3.93. The quantitative estimate of drug-likeness (QED) is 0.145. The molecule has 13 rings (SSSR count). The Morgan fingerprint density at radius 2 is 1.54 bits per heavy atom. The Kier molecular flexibility index (Phi) is 10.9. The highest BCUT2D eigenvalue weighted by Crippen LogP contribution is 2.58. The minimum atomic E-state index is -0.156. The summed E-state index contributed by atoms with van der Waals surface area (Å²) in [7, 11) is 0. The van der Waals surface area contributed by atoms with E-state index in [2.05, 4.69) is 210 Å². The number of para-hydroxylation sites is 1. The smallest absolute Gasteiger partial charge is 0.136 e. The van der Waals surface area contributed by atoms with E-state index in [1.54, 1.807) is 0 Å². The van der Waals surface area contributed by atoms with Crippen LogP contribution in [-0.4, -0.2) is 23.1 Å². The molecule has 6 heteroatoms. The summed E-state index contributed by atoms with van der Waals surface area (Å²) in [5.74, 6) is 1.72. The van der Waals surface area contributed by atoms with Gasteiger partial charge in [-0.15, -0.1) is 0 Å². The molecule has 4 aromatic carbocycles. The number of rotatable bonds is 8. The molecule has 0 radical (unpaired) electrons. The zero-order valence-electron chi connectivity index (χ0n) is 39.5. The van der Waals surface area contributed by atoms with Gasteiger partial charge in [0.05, 0.1) is 29.7 Å². The van der Waals surface area contributed by atoms with Gasteiger partial charge < -0.3 is 9.30 Å². The van der Waals surface area contributed by atoms with Crippen molar-refractivity contribution in [3.8, 4) is 5.75 Å². The molecule has 5 aromatic rings. The zero-order chi connectivity index (χ0) is 45.9. The number of nitrogens with one attached hydrogen (secondary N) is 3. The molecule has 6 nitrogen and oxygen atoms in total. The minimum absolute atomic E-state index is 0.0393. The van der Waals surface area contributed by atoms with Crippen LogP contribution >= 0.6 is 0 Å². The maximum atomic E-state index is 7.38. The predicted molar refractivity (Wildman–Crippen MR) is 283 cm³/mol. The first-order valence-electron chi connectivity index (χ1n) is 25.6. The van der Waals surface area contributed by atoms with E-state index < -0.39 is 0 Å². The van der Waals surface area contributed by atoms with E-state index in [4.69, 9.17) is 9.73 Å². The largest absolute Gasteiger partial charge is 0.484 e. The van der Waals surface area contributed by atoms with Gasteiger partial charge >= 0.3 is 0 Å². The molecule has 8 aliphatic rings. The van der Waals surface area contributed by atoms with Crippen LogP contribution in [0.2, 0.25) is 0 Å². The molecule has 69 heavy (non-hydrogen) atoms. The van der Waals surface area contributed by atoms with Gasteiger partial charge in [-0.3, -0.25) is 20.9 Å². The zero-order valence-corrected chi connectivity index (χ0v) is 39.5. The predicted octanol–water partition coefficient (Wildman–Crippen LogP) is 13.6. The number of allylic oxidation sites excluding steroid dienone is 15. The number of aromatic nitrogens is 1. The van der Waals surface area contributed by atoms with Crippen molar-refractivity contribution in [2.24, 2.45) is 16.8 Å². The van der Waals surface area contributed by atoms with Crippen LogP contribution in [0.5, 0.6) is 5.75 Å². The van der Waals surface area contributed by atoms with Crippen LogP contribution in [0.15, 0.2) is 203 Å². The van der Waals surface area contributed by atoms with Gasteiger partial charge in [-0.2, -0.15) is 0 Å². The van der Waals surface area contributed by atoms with E-state index >= 15 is 0 Å². The summed E-state index contributed by atoms with van der Waals surface area (Å²) in [4.78, 5) is 5.66. The standard InChI is InChI=1S/C63H61N5O/c1-63-36-35-55-57(50-29-17-18-30-54(50)68(55)48-27-15-6-16-28-48)59(63)69-56-39-46(32-34-53(56)63)58-52(62-66-60(43-23-11-4-12-24-43)65-61(67-62)44-25-13-5-14-26-44)38-47(40-64-58)51-37-45(41-19-7-2-8-20-41)31-33-49(51)42-21-9-3-10-22-42/h2-5,7-9,11-15,17-21,23-25,27-34,39-40,44-45,47,59-62,65-67H,6,10,16,22,26,35-38H2,1H3. The molecule has 3 aliphatic heterocycles. The minimum Gasteiger partial charge on any atom is -0.484 e. The summed E-state index contributed by atoms with van der Waals surface area (Å²) >= 11 is 0. The second kappa shape index (κ2) is 17.7. The first-order valence-corrected chi connectivity index (χ1v) is 25.6. The van der Waals surface area contributed by atoms with Crippen LogP contribution < -0.4 is 20.7 Å². The molecular weight excluding hydrogens is 843 g/mol. The average molecular weight is 904 g/mol. The fraction of sp³-hybridized carbons (Fsp3) is 0.286. The topological polar surface area (TPSA) is 62.6 Å². The summed E-state index contributed by atoms with van der Waals surface area (Å²) in [6.45, 7) is 2.44. The third-order valence-corrected chi connectivity index (χ3v) is 16.5. The summed E-state index contributed by atoms with van der Waals surface area (Å²) in [5.41, 5.74) is 16.8. The molecule has 0 spiro atoms. The van der Waals surface area contributed by atoms with Crippen LogP contribution in [-0.2, 0) is 11.8 Å². The maximum absolute atomic E-state index is 7.38. The molecule has 3 N–H and O–H groups in total. The molecule has 5 aliphatic carbocycles. The van der Waals surface area contributed by atoms with E-state index in [-0.39, 0.29) is 35.9 Å². The molecule has 8 unspecified atom stereocenters. The molecule has 8 atom stereocenters. The van der Waals surface area contributed by atoms with E-state index in [0.29, 0.717) is 11.8 Å². The van der Waals surface area contributed by atoms with Crippen molar-refractivity contribution in [1.29, 1.82) is 0 Å². The third kappa shape index (κ3) is 7.56. The highest BCUT2D eigenvalue weighted by molar-refractivity contribution is 5.91. The highest BCUT2D eigenvalue weighted by Gasteiger charge is 2.51. The van der Waals surface area contributed by atoms with Crippen LogP contribution in [0.4, 0.5) is 0 Å². The van der Waals surface area contributed by atoms with Crippen LogP contribution in [0, 0.1) is 11.8 Å².